The summed E-state index contributed by atoms with van der Waals surface area (Å²) in [5.74, 6) is 3.39. The summed E-state index contributed by atoms with van der Waals surface area (Å²) in [6, 6.07) is 15.1. The molecule has 0 bridgehead atoms. The molecule has 7 nitrogen and oxygen atoms in total. The van der Waals surface area contributed by atoms with Gasteiger partial charge in [0.05, 0.1) is 7.11 Å². The molecule has 1 aliphatic rings. The quantitative estimate of drug-likeness (QED) is 0.726. The number of hydrogen-bond donors (Lipinski definition) is 2. The largest absolute Gasteiger partial charge is 0.497 e. The Kier molecular flexibility index (Phi) is 4.42. The van der Waals surface area contributed by atoms with Crippen LogP contribution in [0.25, 0.3) is 0 Å². The number of fused-ring (bicyclic) bond motifs is 1. The molecule has 2 heterocycles. The summed E-state index contributed by atoms with van der Waals surface area (Å²) in [5.41, 5.74) is 1.71. The molecule has 4 rings (SSSR count). The molecule has 0 spiro atoms. The Morgan fingerprint density at radius 1 is 0.923 bits per heavy atom. The first-order valence-corrected chi connectivity index (χ1v) is 8.21. The molecule has 2 aromatic carbocycles. The summed E-state index contributed by atoms with van der Waals surface area (Å²) in [5, 5.41) is 6.42. The van der Waals surface area contributed by atoms with Crippen molar-refractivity contribution in [2.45, 2.75) is 0 Å². The van der Waals surface area contributed by atoms with Crippen molar-refractivity contribution in [2.75, 3.05) is 31.0 Å². The molecular formula is C19H18N4O3. The number of rotatable bonds is 5. The van der Waals surface area contributed by atoms with Crippen LogP contribution in [0.2, 0.25) is 0 Å². The lowest BCUT2D eigenvalue weighted by atomic mass is 10.2. The second kappa shape index (κ2) is 7.18. The Balaban J connectivity index is 1.50. The highest BCUT2D eigenvalue weighted by atomic mass is 16.6. The summed E-state index contributed by atoms with van der Waals surface area (Å²) in [7, 11) is 1.64. The van der Waals surface area contributed by atoms with Gasteiger partial charge in [-0.1, -0.05) is 6.07 Å². The van der Waals surface area contributed by atoms with Crippen LogP contribution in [0.15, 0.2) is 54.7 Å². The molecule has 0 saturated heterocycles. The molecule has 0 atom stereocenters. The molecule has 0 fully saturated rings. The number of ether oxygens (including phenoxy) is 3. The number of anilines is 4. The van der Waals surface area contributed by atoms with E-state index in [1.807, 2.05) is 42.5 Å². The average molecular weight is 350 g/mol. The fourth-order valence-electron chi connectivity index (χ4n) is 2.59. The van der Waals surface area contributed by atoms with E-state index in [9.17, 15) is 0 Å². The van der Waals surface area contributed by atoms with Crippen LogP contribution >= 0.6 is 0 Å². The van der Waals surface area contributed by atoms with Crippen LogP contribution in [0.4, 0.5) is 23.1 Å². The Morgan fingerprint density at radius 3 is 2.65 bits per heavy atom. The fourth-order valence-corrected chi connectivity index (χ4v) is 2.59. The monoisotopic (exact) mass is 350 g/mol. The second-order valence-corrected chi connectivity index (χ2v) is 5.61. The smallest absolute Gasteiger partial charge is 0.229 e. The van der Waals surface area contributed by atoms with Crippen LogP contribution in [0.3, 0.4) is 0 Å². The summed E-state index contributed by atoms with van der Waals surface area (Å²) in [6.07, 6.45) is 1.69. The van der Waals surface area contributed by atoms with Crippen LogP contribution < -0.4 is 24.8 Å². The van der Waals surface area contributed by atoms with Gasteiger partial charge in [0, 0.05) is 29.7 Å². The van der Waals surface area contributed by atoms with Gasteiger partial charge in [0.25, 0.3) is 0 Å². The standard InChI is InChI=1S/C19H18N4O3/c1-24-15-4-2-3-13(11-15)21-18-7-8-20-19(23-18)22-14-5-6-16-17(12-14)26-10-9-25-16/h2-8,11-12H,9-10H2,1H3,(H2,20,21,22,23). The Morgan fingerprint density at radius 2 is 1.77 bits per heavy atom. The summed E-state index contributed by atoms with van der Waals surface area (Å²) >= 11 is 0. The van der Waals surface area contributed by atoms with Crippen LogP contribution in [-0.2, 0) is 0 Å². The van der Waals surface area contributed by atoms with E-state index in [1.165, 1.54) is 0 Å². The molecule has 3 aromatic rings. The molecule has 0 unspecified atom stereocenters. The molecule has 0 amide bonds. The van der Waals surface area contributed by atoms with E-state index in [0.717, 1.165) is 22.9 Å². The third-order valence-corrected chi connectivity index (χ3v) is 3.80. The van der Waals surface area contributed by atoms with E-state index in [2.05, 4.69) is 20.6 Å². The highest BCUT2D eigenvalue weighted by Crippen LogP contribution is 2.33. The Labute approximate surface area is 151 Å². The van der Waals surface area contributed by atoms with Crippen molar-refractivity contribution in [3.8, 4) is 17.2 Å². The number of nitrogens with one attached hydrogen (secondary N) is 2. The molecule has 7 heteroatoms. The zero-order valence-electron chi connectivity index (χ0n) is 14.2. The lowest BCUT2D eigenvalue weighted by Crippen LogP contribution is -2.15. The van der Waals surface area contributed by atoms with Gasteiger partial charge in [-0.2, -0.15) is 4.98 Å². The molecule has 0 aliphatic carbocycles. The second-order valence-electron chi connectivity index (χ2n) is 5.61. The zero-order chi connectivity index (χ0) is 17.8. The lowest BCUT2D eigenvalue weighted by Gasteiger charge is -2.19. The summed E-state index contributed by atoms with van der Waals surface area (Å²) < 4.78 is 16.4. The number of hydrogen-bond acceptors (Lipinski definition) is 7. The summed E-state index contributed by atoms with van der Waals surface area (Å²) in [6.45, 7) is 1.12. The van der Waals surface area contributed by atoms with Crippen molar-refractivity contribution < 1.29 is 14.2 Å². The van der Waals surface area contributed by atoms with E-state index >= 15 is 0 Å². The lowest BCUT2D eigenvalue weighted by molar-refractivity contribution is 0.171. The maximum Gasteiger partial charge on any atom is 0.229 e. The Bertz CT molecular complexity index is 917. The van der Waals surface area contributed by atoms with Crippen LogP contribution in [0, 0.1) is 0 Å². The predicted octanol–water partition coefficient (Wildman–Crippen LogP) is 3.74. The molecule has 26 heavy (non-hydrogen) atoms. The fraction of sp³-hybridized carbons (Fsp3) is 0.158. The first-order valence-electron chi connectivity index (χ1n) is 8.21. The van der Waals surface area contributed by atoms with Gasteiger partial charge in [-0.05, 0) is 30.3 Å². The molecule has 132 valence electrons. The number of benzene rings is 2. The van der Waals surface area contributed by atoms with Gasteiger partial charge in [-0.3, -0.25) is 0 Å². The average Bonchev–Trinajstić information content (AvgIpc) is 2.68. The number of aromatic nitrogens is 2. The van der Waals surface area contributed by atoms with E-state index < -0.39 is 0 Å². The molecule has 0 saturated carbocycles. The van der Waals surface area contributed by atoms with Crippen molar-refractivity contribution in [3.05, 3.63) is 54.7 Å². The van der Waals surface area contributed by atoms with Gasteiger partial charge in [0.2, 0.25) is 5.95 Å². The maximum absolute atomic E-state index is 5.60. The van der Waals surface area contributed by atoms with Crippen molar-refractivity contribution >= 4 is 23.1 Å². The number of methoxy groups -OCH3 is 1. The first-order chi connectivity index (χ1) is 12.8. The van der Waals surface area contributed by atoms with Crippen molar-refractivity contribution in [2.24, 2.45) is 0 Å². The molecule has 1 aliphatic heterocycles. The minimum atomic E-state index is 0.481. The zero-order valence-corrected chi connectivity index (χ0v) is 14.2. The van der Waals surface area contributed by atoms with Crippen molar-refractivity contribution in [1.29, 1.82) is 0 Å². The summed E-state index contributed by atoms with van der Waals surface area (Å²) in [4.78, 5) is 8.75. The number of nitrogens with zero attached hydrogens (tertiary/aromatic N) is 2. The minimum Gasteiger partial charge on any atom is -0.497 e. The third kappa shape index (κ3) is 3.61. The third-order valence-electron chi connectivity index (χ3n) is 3.80. The van der Waals surface area contributed by atoms with E-state index in [0.29, 0.717) is 30.7 Å². The van der Waals surface area contributed by atoms with E-state index in [-0.39, 0.29) is 0 Å². The minimum absolute atomic E-state index is 0.481. The Hall–Kier alpha value is -3.48. The van der Waals surface area contributed by atoms with Gasteiger partial charge in [0.1, 0.15) is 24.8 Å². The van der Waals surface area contributed by atoms with Gasteiger partial charge in [0.15, 0.2) is 11.5 Å². The highest BCUT2D eigenvalue weighted by molar-refractivity contribution is 5.62. The van der Waals surface area contributed by atoms with E-state index in [1.54, 1.807) is 19.4 Å². The normalized spacial score (nSPS) is 12.3. The van der Waals surface area contributed by atoms with Crippen LogP contribution in [0.1, 0.15) is 0 Å². The predicted molar refractivity (Wildman–Crippen MR) is 99.0 cm³/mol. The SMILES string of the molecule is COc1cccc(Nc2ccnc(Nc3ccc4c(c3)OCCO4)n2)c1. The van der Waals surface area contributed by atoms with E-state index in [4.69, 9.17) is 14.2 Å². The van der Waals surface area contributed by atoms with Gasteiger partial charge in [-0.15, -0.1) is 0 Å². The van der Waals surface area contributed by atoms with Crippen LogP contribution in [-0.4, -0.2) is 30.3 Å². The maximum atomic E-state index is 5.60. The van der Waals surface area contributed by atoms with Crippen molar-refractivity contribution in [1.82, 2.24) is 9.97 Å². The molecular weight excluding hydrogens is 332 g/mol. The topological polar surface area (TPSA) is 77.5 Å². The van der Waals surface area contributed by atoms with Crippen molar-refractivity contribution in [3.63, 3.8) is 0 Å². The molecule has 2 N–H and O–H groups in total. The van der Waals surface area contributed by atoms with Gasteiger partial charge >= 0.3 is 0 Å². The first kappa shape index (κ1) is 16.0. The van der Waals surface area contributed by atoms with Gasteiger partial charge in [-0.25, -0.2) is 4.98 Å². The van der Waals surface area contributed by atoms with Crippen LogP contribution in [0.5, 0.6) is 17.2 Å². The molecule has 0 radical (unpaired) electrons. The highest BCUT2D eigenvalue weighted by Gasteiger charge is 2.12. The van der Waals surface area contributed by atoms with Gasteiger partial charge < -0.3 is 24.8 Å². The molecule has 1 aromatic heterocycles.